The molecule has 132 valence electrons. The maximum absolute atomic E-state index is 11.5. The van der Waals surface area contributed by atoms with Crippen LogP contribution in [0.15, 0.2) is 24.3 Å². The zero-order chi connectivity index (χ0) is 18.0. The van der Waals surface area contributed by atoms with Crippen LogP contribution < -0.4 is 16.0 Å². The second-order valence-corrected chi connectivity index (χ2v) is 6.62. The number of anilines is 4. The second-order valence-electron chi connectivity index (χ2n) is 6.19. The minimum atomic E-state index is -0.518. The van der Waals surface area contributed by atoms with Gasteiger partial charge in [0.25, 0.3) is 0 Å². The van der Waals surface area contributed by atoms with E-state index in [0.717, 1.165) is 18.5 Å². The molecule has 1 saturated heterocycles. The van der Waals surface area contributed by atoms with Crippen molar-refractivity contribution >= 4 is 40.6 Å². The quantitative estimate of drug-likeness (QED) is 0.631. The second kappa shape index (κ2) is 7.10. The highest BCUT2D eigenvalue weighted by Crippen LogP contribution is 2.34. The van der Waals surface area contributed by atoms with Gasteiger partial charge < -0.3 is 16.0 Å². The van der Waals surface area contributed by atoms with Crippen LogP contribution in [0.25, 0.3) is 0 Å². The Balaban J connectivity index is 1.97. The molecule has 1 aromatic heterocycles. The molecule has 1 aromatic carbocycles. The molecule has 1 aliphatic rings. The number of nitrogens with zero attached hydrogens (tertiary/aromatic N) is 4. The Morgan fingerprint density at radius 1 is 1.36 bits per heavy atom. The van der Waals surface area contributed by atoms with Crippen molar-refractivity contribution < 1.29 is 4.92 Å². The molecule has 0 amide bonds. The fourth-order valence-corrected chi connectivity index (χ4v) is 3.08. The monoisotopic (exact) mass is 362 g/mol. The van der Waals surface area contributed by atoms with E-state index in [1.165, 1.54) is 0 Å². The number of nitro groups is 1. The van der Waals surface area contributed by atoms with E-state index >= 15 is 0 Å². The zero-order valence-electron chi connectivity index (χ0n) is 13.8. The normalized spacial score (nSPS) is 17.4. The summed E-state index contributed by atoms with van der Waals surface area (Å²) in [7, 11) is 0. The van der Waals surface area contributed by atoms with E-state index in [9.17, 15) is 10.1 Å². The highest BCUT2D eigenvalue weighted by atomic mass is 35.5. The summed E-state index contributed by atoms with van der Waals surface area (Å²) in [4.78, 5) is 21.3. The van der Waals surface area contributed by atoms with Crippen LogP contribution in [0.3, 0.4) is 0 Å². The largest absolute Gasteiger partial charge is 0.378 e. The molecule has 1 aliphatic heterocycles. The van der Waals surface area contributed by atoms with Crippen LogP contribution in [-0.4, -0.2) is 28.0 Å². The summed E-state index contributed by atoms with van der Waals surface area (Å²) in [5.41, 5.74) is 6.34. The lowest BCUT2D eigenvalue weighted by Gasteiger charge is -2.31. The predicted molar refractivity (Wildman–Crippen MR) is 98.4 cm³/mol. The number of hydrogen-bond donors (Lipinski definition) is 2. The Labute approximate surface area is 150 Å². The predicted octanol–water partition coefficient (Wildman–Crippen LogP) is 3.60. The molecule has 3 N–H and O–H groups in total. The molecule has 0 aliphatic carbocycles. The fraction of sp³-hybridized carbons (Fsp3) is 0.375. The summed E-state index contributed by atoms with van der Waals surface area (Å²) in [6, 6.07) is 7.00. The van der Waals surface area contributed by atoms with Gasteiger partial charge in [0.1, 0.15) is 0 Å². The molecule has 1 fully saturated rings. The van der Waals surface area contributed by atoms with Gasteiger partial charge in [-0.3, -0.25) is 10.1 Å². The number of nitrogens with one attached hydrogen (secondary N) is 1. The molecule has 8 nitrogen and oxygen atoms in total. The summed E-state index contributed by atoms with van der Waals surface area (Å²) >= 11 is 5.88. The van der Waals surface area contributed by atoms with Gasteiger partial charge in [-0.2, -0.15) is 9.97 Å². The smallest absolute Gasteiger partial charge is 0.353 e. The number of aromatic nitrogens is 2. The van der Waals surface area contributed by atoms with Gasteiger partial charge in [-0.1, -0.05) is 18.5 Å². The summed E-state index contributed by atoms with van der Waals surface area (Å²) in [6.45, 7) is 3.54. The third kappa shape index (κ3) is 3.90. The highest BCUT2D eigenvalue weighted by molar-refractivity contribution is 6.30. The lowest BCUT2D eigenvalue weighted by molar-refractivity contribution is -0.383. The van der Waals surface area contributed by atoms with E-state index in [-0.39, 0.29) is 23.3 Å². The Morgan fingerprint density at radius 2 is 2.08 bits per heavy atom. The fourth-order valence-electron chi connectivity index (χ4n) is 2.96. The summed E-state index contributed by atoms with van der Waals surface area (Å²) in [5.74, 6) is 0.779. The molecule has 0 spiro atoms. The Hall–Kier alpha value is -2.61. The molecule has 0 radical (unpaired) electrons. The van der Waals surface area contributed by atoms with Crippen LogP contribution >= 0.6 is 11.6 Å². The van der Waals surface area contributed by atoms with Crippen LogP contribution in [0, 0.1) is 16.0 Å². The van der Waals surface area contributed by atoms with Crippen molar-refractivity contribution in [3.05, 3.63) is 39.4 Å². The molecular formula is C16H19ClN6O2. The molecule has 2 aromatic rings. The molecule has 1 unspecified atom stereocenters. The number of nitrogen functional groups attached to an aromatic ring is 1. The van der Waals surface area contributed by atoms with Gasteiger partial charge in [0.05, 0.1) is 4.92 Å². The molecule has 2 heterocycles. The number of benzene rings is 1. The third-order valence-corrected chi connectivity index (χ3v) is 4.38. The molecule has 0 saturated carbocycles. The lowest BCUT2D eigenvalue weighted by Crippen LogP contribution is -2.35. The van der Waals surface area contributed by atoms with Crippen LogP contribution in [0.1, 0.15) is 19.8 Å². The average molecular weight is 363 g/mol. The molecule has 1 atom stereocenters. The molecule has 0 bridgehead atoms. The van der Waals surface area contributed by atoms with Gasteiger partial charge in [0.15, 0.2) is 0 Å². The van der Waals surface area contributed by atoms with Crippen molar-refractivity contribution in [2.75, 3.05) is 29.0 Å². The van der Waals surface area contributed by atoms with Gasteiger partial charge in [0, 0.05) is 23.8 Å². The number of nitrogens with two attached hydrogens (primary N) is 1. The maximum atomic E-state index is 11.5. The van der Waals surface area contributed by atoms with E-state index in [1.807, 2.05) is 4.90 Å². The average Bonchev–Trinajstić information content (AvgIpc) is 2.56. The lowest BCUT2D eigenvalue weighted by atomic mass is 10.0. The Morgan fingerprint density at radius 3 is 2.72 bits per heavy atom. The molecule has 9 heteroatoms. The maximum Gasteiger partial charge on any atom is 0.353 e. The number of halogens is 1. The summed E-state index contributed by atoms with van der Waals surface area (Å²) in [5, 5.41) is 15.1. The van der Waals surface area contributed by atoms with Crippen LogP contribution in [0.4, 0.5) is 29.0 Å². The van der Waals surface area contributed by atoms with Crippen molar-refractivity contribution in [3.63, 3.8) is 0 Å². The van der Waals surface area contributed by atoms with Gasteiger partial charge in [0.2, 0.25) is 17.6 Å². The van der Waals surface area contributed by atoms with Crippen molar-refractivity contribution in [2.45, 2.75) is 19.8 Å². The van der Waals surface area contributed by atoms with Crippen molar-refractivity contribution in [1.82, 2.24) is 9.97 Å². The van der Waals surface area contributed by atoms with E-state index < -0.39 is 4.92 Å². The summed E-state index contributed by atoms with van der Waals surface area (Å²) < 4.78 is 0. The first-order chi connectivity index (χ1) is 11.9. The number of hydrogen-bond acceptors (Lipinski definition) is 7. The number of rotatable bonds is 4. The van der Waals surface area contributed by atoms with E-state index in [0.29, 0.717) is 24.0 Å². The van der Waals surface area contributed by atoms with E-state index in [4.69, 9.17) is 17.3 Å². The van der Waals surface area contributed by atoms with Crippen LogP contribution in [0.2, 0.25) is 5.02 Å². The Kier molecular flexibility index (Phi) is 4.89. The molecule has 3 rings (SSSR count). The SMILES string of the molecule is CC1CCCN(c2nc(Nc3ccc(Cl)cc3)nc(N)c2[N+](=O)[O-])C1. The van der Waals surface area contributed by atoms with Crippen molar-refractivity contribution in [3.8, 4) is 0 Å². The standard InChI is InChI=1S/C16H19ClN6O2/c1-10-3-2-8-22(9-10)15-13(23(24)25)14(18)20-16(21-15)19-12-6-4-11(17)5-7-12/h4-7,10H,2-3,8-9H2,1H3,(H3,18,19,20,21). The Bertz CT molecular complexity index is 783. The van der Waals surface area contributed by atoms with Gasteiger partial charge >= 0.3 is 5.69 Å². The highest BCUT2D eigenvalue weighted by Gasteiger charge is 2.29. The first-order valence-corrected chi connectivity index (χ1v) is 8.41. The minimum Gasteiger partial charge on any atom is -0.378 e. The van der Waals surface area contributed by atoms with Gasteiger partial charge in [-0.25, -0.2) is 0 Å². The van der Waals surface area contributed by atoms with Crippen LogP contribution in [-0.2, 0) is 0 Å². The third-order valence-electron chi connectivity index (χ3n) is 4.13. The first kappa shape index (κ1) is 17.2. The van der Waals surface area contributed by atoms with Gasteiger partial charge in [-0.15, -0.1) is 0 Å². The topological polar surface area (TPSA) is 110 Å². The van der Waals surface area contributed by atoms with E-state index in [1.54, 1.807) is 24.3 Å². The summed E-state index contributed by atoms with van der Waals surface area (Å²) in [6.07, 6.45) is 2.06. The molecular weight excluding hydrogens is 344 g/mol. The van der Waals surface area contributed by atoms with Crippen molar-refractivity contribution in [2.24, 2.45) is 5.92 Å². The van der Waals surface area contributed by atoms with Crippen molar-refractivity contribution in [1.29, 1.82) is 0 Å². The van der Waals surface area contributed by atoms with Crippen LogP contribution in [0.5, 0.6) is 0 Å². The van der Waals surface area contributed by atoms with E-state index in [2.05, 4.69) is 22.2 Å². The number of piperidine rings is 1. The molecule has 25 heavy (non-hydrogen) atoms. The van der Waals surface area contributed by atoms with Gasteiger partial charge in [-0.05, 0) is 43.0 Å². The first-order valence-electron chi connectivity index (χ1n) is 8.03. The minimum absolute atomic E-state index is 0.148. The zero-order valence-corrected chi connectivity index (χ0v) is 14.5.